The van der Waals surface area contributed by atoms with Crippen LogP contribution in [0, 0.1) is 5.92 Å². The van der Waals surface area contributed by atoms with Gasteiger partial charge in [-0.25, -0.2) is 4.68 Å². The number of ether oxygens (including phenoxy) is 1. The maximum atomic E-state index is 12.0. The molecule has 3 rings (SSSR count). The lowest BCUT2D eigenvalue weighted by atomic mass is 10.0. The van der Waals surface area contributed by atoms with E-state index in [0.717, 1.165) is 19.5 Å². The van der Waals surface area contributed by atoms with Gasteiger partial charge in [-0.2, -0.15) is 0 Å². The van der Waals surface area contributed by atoms with E-state index in [1.165, 1.54) is 0 Å². The largest absolute Gasteiger partial charge is 0.381 e. The van der Waals surface area contributed by atoms with Gasteiger partial charge in [0.05, 0.1) is 18.8 Å². The van der Waals surface area contributed by atoms with E-state index in [0.29, 0.717) is 24.9 Å². The van der Waals surface area contributed by atoms with Crippen molar-refractivity contribution >= 4 is 5.78 Å². The summed E-state index contributed by atoms with van der Waals surface area (Å²) in [6.07, 6.45) is 2.56. The molecule has 6 heteroatoms. The van der Waals surface area contributed by atoms with Crippen molar-refractivity contribution in [3.05, 3.63) is 11.9 Å². The molecular weight excluding hydrogens is 208 g/mol. The summed E-state index contributed by atoms with van der Waals surface area (Å²) in [5.41, 5.74) is 0.474. The highest BCUT2D eigenvalue weighted by Crippen LogP contribution is 2.18. The lowest BCUT2D eigenvalue weighted by Crippen LogP contribution is -2.43. The minimum absolute atomic E-state index is 0.0235. The van der Waals surface area contributed by atoms with Crippen molar-refractivity contribution in [3.63, 3.8) is 0 Å². The monoisotopic (exact) mass is 222 g/mol. The van der Waals surface area contributed by atoms with Crippen LogP contribution < -0.4 is 5.32 Å². The maximum absolute atomic E-state index is 12.0. The van der Waals surface area contributed by atoms with Gasteiger partial charge in [-0.15, -0.1) is 5.10 Å². The van der Waals surface area contributed by atoms with Gasteiger partial charge in [0.15, 0.2) is 5.78 Å². The molecule has 0 aliphatic carbocycles. The van der Waals surface area contributed by atoms with E-state index in [1.807, 2.05) is 0 Å². The molecule has 1 atom stereocenters. The zero-order valence-electron chi connectivity index (χ0n) is 8.93. The fraction of sp³-hybridized carbons (Fsp3) is 0.700. The second kappa shape index (κ2) is 3.95. The highest BCUT2D eigenvalue weighted by molar-refractivity contribution is 5.96. The fourth-order valence-corrected chi connectivity index (χ4v) is 1.98. The van der Waals surface area contributed by atoms with Crippen molar-refractivity contribution in [2.24, 2.45) is 5.92 Å². The lowest BCUT2D eigenvalue weighted by Gasteiger charge is -2.26. The number of rotatable bonds is 3. The molecule has 2 aliphatic heterocycles. The van der Waals surface area contributed by atoms with E-state index in [-0.39, 0.29) is 11.7 Å². The first-order chi connectivity index (χ1) is 7.84. The lowest BCUT2D eigenvalue weighted by molar-refractivity contribution is 0.0895. The summed E-state index contributed by atoms with van der Waals surface area (Å²) in [5.74, 6) is 0.0423. The Balaban J connectivity index is 1.73. The average Bonchev–Trinajstić information content (AvgIpc) is 2.84. The number of nitrogens with zero attached hydrogens (tertiary/aromatic N) is 3. The number of nitrogens with one attached hydrogen (secondary N) is 1. The van der Waals surface area contributed by atoms with Crippen molar-refractivity contribution in [2.45, 2.75) is 12.5 Å². The van der Waals surface area contributed by atoms with E-state index < -0.39 is 0 Å². The van der Waals surface area contributed by atoms with Gasteiger partial charge in [0, 0.05) is 25.6 Å². The summed E-state index contributed by atoms with van der Waals surface area (Å²) >= 11 is 0. The van der Waals surface area contributed by atoms with Gasteiger partial charge >= 0.3 is 0 Å². The third kappa shape index (κ3) is 1.64. The van der Waals surface area contributed by atoms with Crippen LogP contribution in [-0.4, -0.2) is 47.1 Å². The Morgan fingerprint density at radius 3 is 3.06 bits per heavy atom. The van der Waals surface area contributed by atoms with Crippen LogP contribution in [0.15, 0.2) is 6.20 Å². The van der Waals surface area contributed by atoms with Gasteiger partial charge in [-0.05, 0) is 6.42 Å². The van der Waals surface area contributed by atoms with E-state index in [4.69, 9.17) is 4.74 Å². The Morgan fingerprint density at radius 1 is 1.56 bits per heavy atom. The third-order valence-corrected chi connectivity index (χ3v) is 3.20. The first-order valence-electron chi connectivity index (χ1n) is 5.59. The Morgan fingerprint density at radius 2 is 2.44 bits per heavy atom. The van der Waals surface area contributed by atoms with Crippen LogP contribution in [0.1, 0.15) is 23.0 Å². The SMILES string of the molecule is O=C(c1cn(C2CNC2)nn1)C1CCOC1. The molecule has 6 nitrogen and oxygen atoms in total. The standard InChI is InChI=1S/C10H14N4O2/c15-10(7-1-2-16-6-7)9-5-14(13-12-9)8-3-11-4-8/h5,7-8,11H,1-4,6H2. The van der Waals surface area contributed by atoms with E-state index >= 15 is 0 Å². The first-order valence-corrected chi connectivity index (χ1v) is 5.59. The highest BCUT2D eigenvalue weighted by Gasteiger charge is 2.28. The molecule has 16 heavy (non-hydrogen) atoms. The third-order valence-electron chi connectivity index (χ3n) is 3.20. The summed E-state index contributed by atoms with van der Waals surface area (Å²) in [6, 6.07) is 0.355. The number of Topliss-reactive ketones (excluding diaryl/α,β-unsaturated/α-hetero) is 1. The number of carbonyl (C=O) groups is 1. The van der Waals surface area contributed by atoms with Gasteiger partial charge in [0.2, 0.25) is 0 Å². The molecule has 1 N–H and O–H groups in total. The molecule has 2 aliphatic rings. The summed E-state index contributed by atoms with van der Waals surface area (Å²) < 4.78 is 6.98. The Bertz CT molecular complexity index is 393. The van der Waals surface area contributed by atoms with Crippen LogP contribution in [0.25, 0.3) is 0 Å². The predicted octanol–water partition coefficient (Wildman–Crippen LogP) is -0.358. The van der Waals surface area contributed by atoms with Gasteiger partial charge in [0.25, 0.3) is 0 Å². The zero-order chi connectivity index (χ0) is 11.0. The summed E-state index contributed by atoms with van der Waals surface area (Å²) in [5, 5.41) is 11.1. The molecule has 3 heterocycles. The van der Waals surface area contributed by atoms with Crippen LogP contribution in [0.5, 0.6) is 0 Å². The molecule has 1 unspecified atom stereocenters. The van der Waals surface area contributed by atoms with Crippen LogP contribution >= 0.6 is 0 Å². The van der Waals surface area contributed by atoms with E-state index in [9.17, 15) is 4.79 Å². The van der Waals surface area contributed by atoms with Crippen LogP contribution in [0.2, 0.25) is 0 Å². The van der Waals surface area contributed by atoms with Gasteiger partial charge in [-0.1, -0.05) is 5.21 Å². The minimum atomic E-state index is -0.0235. The second-order valence-electron chi connectivity index (χ2n) is 4.32. The number of carbonyl (C=O) groups excluding carboxylic acids is 1. The topological polar surface area (TPSA) is 69.0 Å². The summed E-state index contributed by atoms with van der Waals surface area (Å²) in [4.78, 5) is 12.0. The zero-order valence-corrected chi connectivity index (χ0v) is 8.93. The molecule has 1 aromatic heterocycles. The molecule has 0 radical (unpaired) electrons. The number of aromatic nitrogens is 3. The Kier molecular flexibility index (Phi) is 2.45. The normalized spacial score (nSPS) is 25.6. The Labute approximate surface area is 93.0 Å². The average molecular weight is 222 g/mol. The van der Waals surface area contributed by atoms with E-state index in [2.05, 4.69) is 15.6 Å². The smallest absolute Gasteiger partial charge is 0.190 e. The number of hydrogen-bond acceptors (Lipinski definition) is 5. The van der Waals surface area contributed by atoms with Gasteiger partial charge in [0.1, 0.15) is 5.69 Å². The van der Waals surface area contributed by atoms with Crippen molar-refractivity contribution < 1.29 is 9.53 Å². The van der Waals surface area contributed by atoms with E-state index in [1.54, 1.807) is 10.9 Å². The molecule has 1 aromatic rings. The molecule has 0 aromatic carbocycles. The molecule has 2 fully saturated rings. The van der Waals surface area contributed by atoms with Crippen LogP contribution in [0.3, 0.4) is 0 Å². The fourth-order valence-electron chi connectivity index (χ4n) is 1.98. The molecular formula is C10H14N4O2. The van der Waals surface area contributed by atoms with Crippen LogP contribution in [-0.2, 0) is 4.74 Å². The first kappa shape index (κ1) is 9.92. The van der Waals surface area contributed by atoms with Gasteiger partial charge in [-0.3, -0.25) is 4.79 Å². The van der Waals surface area contributed by atoms with Crippen molar-refractivity contribution in [3.8, 4) is 0 Å². The number of ketones is 1. The molecule has 0 spiro atoms. The molecule has 0 saturated carbocycles. The summed E-state index contributed by atoms with van der Waals surface area (Å²) in [6.45, 7) is 3.01. The Hall–Kier alpha value is -1.27. The molecule has 86 valence electrons. The van der Waals surface area contributed by atoms with Crippen molar-refractivity contribution in [1.29, 1.82) is 0 Å². The number of hydrogen-bond donors (Lipinski definition) is 1. The second-order valence-corrected chi connectivity index (χ2v) is 4.32. The highest BCUT2D eigenvalue weighted by atomic mass is 16.5. The molecule has 0 amide bonds. The van der Waals surface area contributed by atoms with Crippen molar-refractivity contribution in [2.75, 3.05) is 26.3 Å². The van der Waals surface area contributed by atoms with Crippen molar-refractivity contribution in [1.82, 2.24) is 20.3 Å². The predicted molar refractivity (Wildman–Crippen MR) is 55.2 cm³/mol. The maximum Gasteiger partial charge on any atom is 0.190 e. The minimum Gasteiger partial charge on any atom is -0.381 e. The van der Waals surface area contributed by atoms with Crippen LogP contribution in [0.4, 0.5) is 0 Å². The van der Waals surface area contributed by atoms with Gasteiger partial charge < -0.3 is 10.1 Å². The molecule has 0 bridgehead atoms. The summed E-state index contributed by atoms with van der Waals surface area (Å²) in [7, 11) is 0. The molecule has 2 saturated heterocycles. The quantitative estimate of drug-likeness (QED) is 0.707.